The number of aromatic nitrogens is 3. The van der Waals surface area contributed by atoms with Crippen molar-refractivity contribution in [3.63, 3.8) is 0 Å². The van der Waals surface area contributed by atoms with E-state index in [9.17, 15) is 14.4 Å². The van der Waals surface area contributed by atoms with Crippen LogP contribution in [0.3, 0.4) is 0 Å². The Labute approximate surface area is 290 Å². The highest BCUT2D eigenvalue weighted by atomic mass is 79.9. The minimum Gasteiger partial charge on any atom is -0.490 e. The fraction of sp³-hybridized carbons (Fsp3) is 0.222. The number of rotatable bonds is 8. The molecule has 10 nitrogen and oxygen atoms in total. The normalized spacial score (nSPS) is 15.6. The molecule has 48 heavy (non-hydrogen) atoms. The number of carbonyl (C=O) groups excluding carboxylic acids is 2. The highest BCUT2D eigenvalue weighted by Crippen LogP contribution is 2.30. The van der Waals surface area contributed by atoms with Gasteiger partial charge >= 0.3 is 5.69 Å². The number of ether oxygens (including phenoxy) is 1. The lowest BCUT2D eigenvalue weighted by Gasteiger charge is -2.34. The van der Waals surface area contributed by atoms with Gasteiger partial charge in [0.05, 0.1) is 34.7 Å². The third-order valence-electron chi connectivity index (χ3n) is 8.61. The molecule has 1 aliphatic carbocycles. The van der Waals surface area contributed by atoms with Crippen LogP contribution in [0.25, 0.3) is 16.9 Å². The van der Waals surface area contributed by atoms with Crippen LogP contribution in [0.1, 0.15) is 51.9 Å². The number of hydrogen-bond donors (Lipinski definition) is 2. The van der Waals surface area contributed by atoms with Gasteiger partial charge in [0.15, 0.2) is 0 Å². The molecule has 3 aromatic carbocycles. The molecular formula is C36H32BrClN6O4. The Balaban J connectivity index is 1.26. The number of carbonyl (C=O) groups is 2. The number of nitrogens with one attached hydrogen (secondary N) is 1. The molecule has 0 saturated heterocycles. The molecule has 1 unspecified atom stereocenters. The number of pyridine rings is 1. The quantitative estimate of drug-likeness (QED) is 0.196. The first-order chi connectivity index (χ1) is 23.2. The number of nitrogens with two attached hydrogens (primary N) is 1. The second kappa shape index (κ2) is 13.0. The lowest BCUT2D eigenvalue weighted by atomic mass is 10.0. The minimum atomic E-state index is -0.455. The van der Waals surface area contributed by atoms with Gasteiger partial charge < -0.3 is 20.7 Å². The van der Waals surface area contributed by atoms with E-state index >= 15 is 0 Å². The summed E-state index contributed by atoms with van der Waals surface area (Å²) in [6.45, 7) is 2.31. The second-order valence-corrected chi connectivity index (χ2v) is 13.3. The summed E-state index contributed by atoms with van der Waals surface area (Å²) in [6, 6.07) is 24.9. The number of hydrogen-bond acceptors (Lipinski definition) is 6. The Morgan fingerprint density at radius 2 is 1.81 bits per heavy atom. The number of benzene rings is 3. The van der Waals surface area contributed by atoms with Gasteiger partial charge in [-0.3, -0.25) is 18.7 Å². The molecule has 12 heteroatoms. The van der Waals surface area contributed by atoms with Crippen LogP contribution in [0, 0.1) is 0 Å². The van der Waals surface area contributed by atoms with Gasteiger partial charge in [-0.05, 0) is 95.9 Å². The molecule has 244 valence electrons. The Morgan fingerprint density at radius 3 is 2.54 bits per heavy atom. The topological polar surface area (TPSA) is 124 Å². The van der Waals surface area contributed by atoms with E-state index in [0.717, 1.165) is 24.0 Å². The van der Waals surface area contributed by atoms with Crippen LogP contribution in [0.2, 0.25) is 5.02 Å². The van der Waals surface area contributed by atoms with E-state index in [0.29, 0.717) is 43.7 Å². The molecule has 1 aliphatic heterocycles. The van der Waals surface area contributed by atoms with E-state index in [2.05, 4.69) is 26.2 Å². The van der Waals surface area contributed by atoms with Gasteiger partial charge in [-0.25, -0.2) is 9.78 Å². The first-order valence-corrected chi connectivity index (χ1v) is 16.8. The van der Waals surface area contributed by atoms with E-state index in [-0.39, 0.29) is 49.1 Å². The molecule has 2 aromatic heterocycles. The van der Waals surface area contributed by atoms with Crippen LogP contribution >= 0.6 is 27.5 Å². The van der Waals surface area contributed by atoms with E-state index in [1.807, 2.05) is 55.5 Å². The van der Waals surface area contributed by atoms with Crippen LogP contribution in [-0.2, 0) is 19.6 Å². The van der Waals surface area contributed by atoms with Crippen molar-refractivity contribution in [2.75, 3.05) is 5.73 Å². The Hall–Kier alpha value is -4.87. The highest BCUT2D eigenvalue weighted by molar-refractivity contribution is 9.10. The monoisotopic (exact) mass is 726 g/mol. The van der Waals surface area contributed by atoms with E-state index < -0.39 is 5.91 Å². The maximum atomic E-state index is 14.3. The summed E-state index contributed by atoms with van der Waals surface area (Å²) in [4.78, 5) is 48.3. The summed E-state index contributed by atoms with van der Waals surface area (Å²) >= 11 is 9.70. The lowest BCUT2D eigenvalue weighted by molar-refractivity contribution is 0.0610. The molecule has 1 saturated carbocycles. The van der Waals surface area contributed by atoms with Gasteiger partial charge in [-0.2, -0.15) is 0 Å². The SMILES string of the molecule is CC1Cn2c(c(C(=O)NCc3ccccc3-c3cccc(N)n3)n(-c3ccc(OC4CC4)cc3)c2=O)CN1C(=O)c1ccc(Br)c(Cl)c1. The van der Waals surface area contributed by atoms with Crippen LogP contribution in [0.5, 0.6) is 5.75 Å². The van der Waals surface area contributed by atoms with Crippen LogP contribution < -0.4 is 21.5 Å². The van der Waals surface area contributed by atoms with E-state index in [1.54, 1.807) is 45.9 Å². The maximum absolute atomic E-state index is 14.3. The first-order valence-electron chi connectivity index (χ1n) is 15.6. The number of imidazole rings is 1. The molecule has 2 amide bonds. The lowest BCUT2D eigenvalue weighted by Crippen LogP contribution is -2.47. The van der Waals surface area contributed by atoms with Crippen molar-refractivity contribution >= 4 is 45.2 Å². The van der Waals surface area contributed by atoms with Gasteiger partial charge in [0.25, 0.3) is 11.8 Å². The summed E-state index contributed by atoms with van der Waals surface area (Å²) in [6.07, 6.45) is 2.26. The molecular weight excluding hydrogens is 696 g/mol. The maximum Gasteiger partial charge on any atom is 0.333 e. The molecule has 5 aromatic rings. The number of nitrogens with zero attached hydrogens (tertiary/aromatic N) is 4. The fourth-order valence-corrected chi connectivity index (χ4v) is 6.42. The van der Waals surface area contributed by atoms with Crippen LogP contribution in [0.4, 0.5) is 5.82 Å². The first kappa shape index (κ1) is 31.7. The van der Waals surface area contributed by atoms with Crippen molar-refractivity contribution in [2.45, 2.75) is 51.5 Å². The number of fused-ring (bicyclic) bond motifs is 1. The zero-order valence-electron chi connectivity index (χ0n) is 26.0. The van der Waals surface area contributed by atoms with E-state index in [1.165, 1.54) is 4.57 Å². The van der Waals surface area contributed by atoms with Crippen LogP contribution in [-0.4, -0.2) is 43.0 Å². The summed E-state index contributed by atoms with van der Waals surface area (Å²) in [5.74, 6) is 0.389. The molecule has 0 spiro atoms. The standard InChI is InChI=1S/C36H32BrClN6O4/c1-21-19-43-31(20-42(21)35(46)22-9-16-28(37)29(38)17-22)33(44(36(43)47)24-10-12-25(13-11-24)48-26-14-15-26)34(45)40-18-23-5-2-3-6-27(23)30-7-4-8-32(39)41-30/h2-13,16-17,21,26H,14-15,18-20H2,1H3,(H2,39,41)(H,40,45). The number of amides is 2. The fourth-order valence-electron chi connectivity index (χ4n) is 5.99. The molecule has 1 atom stereocenters. The van der Waals surface area contributed by atoms with Gasteiger partial charge in [-0.15, -0.1) is 0 Å². The summed E-state index contributed by atoms with van der Waals surface area (Å²) in [7, 11) is 0. The van der Waals surface area contributed by atoms with Crippen molar-refractivity contribution < 1.29 is 14.3 Å². The van der Waals surface area contributed by atoms with Crippen molar-refractivity contribution in [1.82, 2.24) is 24.3 Å². The number of halogens is 2. The molecule has 0 bridgehead atoms. The minimum absolute atomic E-state index is 0.0470. The number of nitrogen functional groups attached to an aromatic ring is 1. The van der Waals surface area contributed by atoms with Gasteiger partial charge in [0.2, 0.25) is 0 Å². The smallest absolute Gasteiger partial charge is 0.333 e. The molecule has 3 N–H and O–H groups in total. The zero-order chi connectivity index (χ0) is 33.5. The van der Waals surface area contributed by atoms with Crippen molar-refractivity contribution in [1.29, 1.82) is 0 Å². The Bertz CT molecular complexity index is 2110. The Morgan fingerprint density at radius 1 is 1.04 bits per heavy atom. The highest BCUT2D eigenvalue weighted by Gasteiger charge is 2.35. The predicted octanol–water partition coefficient (Wildman–Crippen LogP) is 6.21. The largest absolute Gasteiger partial charge is 0.490 e. The predicted molar refractivity (Wildman–Crippen MR) is 187 cm³/mol. The average Bonchev–Trinajstić information content (AvgIpc) is 3.86. The average molecular weight is 728 g/mol. The summed E-state index contributed by atoms with van der Waals surface area (Å²) in [5, 5.41) is 3.45. The van der Waals surface area contributed by atoms with Crippen molar-refractivity contribution in [2.24, 2.45) is 0 Å². The van der Waals surface area contributed by atoms with Gasteiger partial charge in [0, 0.05) is 34.7 Å². The van der Waals surface area contributed by atoms with Crippen molar-refractivity contribution in [3.05, 3.63) is 127 Å². The van der Waals surface area contributed by atoms with Gasteiger partial charge in [0.1, 0.15) is 17.3 Å². The third kappa shape index (κ3) is 6.23. The molecule has 3 heterocycles. The summed E-state index contributed by atoms with van der Waals surface area (Å²) in [5.41, 5.74) is 9.46. The number of anilines is 1. The molecule has 2 aliphatic rings. The Kier molecular flexibility index (Phi) is 8.57. The second-order valence-electron chi connectivity index (χ2n) is 12.0. The molecule has 1 fully saturated rings. The molecule has 7 rings (SSSR count). The van der Waals surface area contributed by atoms with Gasteiger partial charge in [-0.1, -0.05) is 41.9 Å². The zero-order valence-corrected chi connectivity index (χ0v) is 28.4. The summed E-state index contributed by atoms with van der Waals surface area (Å²) < 4.78 is 9.62. The third-order valence-corrected chi connectivity index (χ3v) is 9.84. The van der Waals surface area contributed by atoms with Crippen molar-refractivity contribution in [3.8, 4) is 22.7 Å². The molecule has 0 radical (unpaired) electrons. The van der Waals surface area contributed by atoms with E-state index in [4.69, 9.17) is 22.1 Å². The van der Waals surface area contributed by atoms with Crippen LogP contribution in [0.15, 0.2) is 94.2 Å².